The number of pyridine rings is 1. The van der Waals surface area contributed by atoms with Gasteiger partial charge in [-0.1, -0.05) is 24.3 Å². The van der Waals surface area contributed by atoms with Crippen LogP contribution in [0.15, 0.2) is 42.6 Å². The van der Waals surface area contributed by atoms with Crippen molar-refractivity contribution in [2.24, 2.45) is 0 Å². The van der Waals surface area contributed by atoms with Crippen molar-refractivity contribution in [2.75, 3.05) is 18.6 Å². The predicted molar refractivity (Wildman–Crippen MR) is 90.6 cm³/mol. The molecule has 1 amide bonds. The average Bonchev–Trinajstić information content (AvgIpc) is 2.91. The molecule has 6 heteroatoms. The fraction of sp³-hybridized carbons (Fsp3) is 0.294. The zero-order chi connectivity index (χ0) is 16.4. The Bertz CT molecular complexity index is 869. The summed E-state index contributed by atoms with van der Waals surface area (Å²) in [6.07, 6.45) is 5.44. The molecule has 5 nitrogen and oxygen atoms in total. The van der Waals surface area contributed by atoms with E-state index in [1.54, 1.807) is 19.3 Å². The first kappa shape index (κ1) is 15.7. The molecule has 2 heterocycles. The number of sulfone groups is 1. The third-order valence-corrected chi connectivity index (χ3v) is 5.92. The van der Waals surface area contributed by atoms with E-state index in [0.29, 0.717) is 6.42 Å². The fourth-order valence-corrected chi connectivity index (χ4v) is 4.58. The van der Waals surface area contributed by atoms with Crippen molar-refractivity contribution in [1.29, 1.82) is 0 Å². The molecule has 1 saturated heterocycles. The Balaban J connectivity index is 1.78. The monoisotopic (exact) mass is 330 g/mol. The number of amides is 1. The Labute approximate surface area is 135 Å². The number of hydrogen-bond donors (Lipinski definition) is 0. The third kappa shape index (κ3) is 3.42. The van der Waals surface area contributed by atoms with Crippen LogP contribution in [0.1, 0.15) is 12.0 Å². The second kappa shape index (κ2) is 6.12. The third-order valence-electron chi connectivity index (χ3n) is 4.17. The van der Waals surface area contributed by atoms with Crippen LogP contribution >= 0.6 is 0 Å². The molecule has 1 aromatic carbocycles. The van der Waals surface area contributed by atoms with E-state index >= 15 is 0 Å². The lowest BCUT2D eigenvalue weighted by Gasteiger charge is -2.21. The molecule has 120 valence electrons. The highest BCUT2D eigenvalue weighted by molar-refractivity contribution is 7.91. The highest BCUT2D eigenvalue weighted by Crippen LogP contribution is 2.19. The van der Waals surface area contributed by atoms with Crippen molar-refractivity contribution >= 4 is 32.7 Å². The molecular weight excluding hydrogens is 312 g/mol. The maximum absolute atomic E-state index is 12.3. The molecular formula is C17H18N2O3S. The van der Waals surface area contributed by atoms with Gasteiger partial charge in [0.2, 0.25) is 5.91 Å². The summed E-state index contributed by atoms with van der Waals surface area (Å²) in [7, 11) is -1.35. The van der Waals surface area contributed by atoms with E-state index in [1.807, 2.05) is 30.3 Å². The first-order valence-corrected chi connectivity index (χ1v) is 9.27. The highest BCUT2D eigenvalue weighted by atomic mass is 32.2. The topological polar surface area (TPSA) is 67.3 Å². The fourth-order valence-electron chi connectivity index (χ4n) is 2.80. The van der Waals surface area contributed by atoms with Gasteiger partial charge in [-0.05, 0) is 18.6 Å². The Morgan fingerprint density at radius 1 is 1.30 bits per heavy atom. The maximum atomic E-state index is 12.3. The van der Waals surface area contributed by atoms with Gasteiger partial charge in [0.1, 0.15) is 0 Å². The second-order valence-electron chi connectivity index (χ2n) is 5.76. The minimum absolute atomic E-state index is 0.0545. The van der Waals surface area contributed by atoms with Gasteiger partial charge < -0.3 is 4.90 Å². The first-order chi connectivity index (χ1) is 11.0. The Morgan fingerprint density at radius 2 is 2.09 bits per heavy atom. The molecule has 3 rings (SSSR count). The number of fused-ring (bicyclic) bond motifs is 1. The lowest BCUT2D eigenvalue weighted by molar-refractivity contribution is -0.126. The molecule has 1 fully saturated rings. The molecule has 0 radical (unpaired) electrons. The van der Waals surface area contributed by atoms with Gasteiger partial charge in [-0.2, -0.15) is 0 Å². The average molecular weight is 330 g/mol. The molecule has 1 aromatic heterocycles. The quantitative estimate of drug-likeness (QED) is 0.806. The molecule has 0 N–H and O–H groups in total. The van der Waals surface area contributed by atoms with Gasteiger partial charge in [0.25, 0.3) is 0 Å². The lowest BCUT2D eigenvalue weighted by atomic mass is 10.1. The van der Waals surface area contributed by atoms with Gasteiger partial charge in [-0.15, -0.1) is 0 Å². The summed E-state index contributed by atoms with van der Waals surface area (Å²) in [5, 5.41) is 1.01. The number of carbonyl (C=O) groups is 1. The largest absolute Gasteiger partial charge is 0.338 e. The van der Waals surface area contributed by atoms with E-state index in [9.17, 15) is 13.2 Å². The highest BCUT2D eigenvalue weighted by Gasteiger charge is 2.31. The molecule has 0 bridgehead atoms. The van der Waals surface area contributed by atoms with Crippen molar-refractivity contribution < 1.29 is 13.2 Å². The van der Waals surface area contributed by atoms with E-state index in [2.05, 4.69) is 4.98 Å². The molecule has 0 saturated carbocycles. The number of aromatic nitrogens is 1. The molecule has 0 aliphatic carbocycles. The number of benzene rings is 1. The first-order valence-electron chi connectivity index (χ1n) is 7.45. The van der Waals surface area contributed by atoms with Crippen LogP contribution in [0.5, 0.6) is 0 Å². The van der Waals surface area contributed by atoms with Crippen molar-refractivity contribution in [2.45, 2.75) is 12.5 Å². The minimum atomic E-state index is -3.00. The lowest BCUT2D eigenvalue weighted by Crippen LogP contribution is -2.36. The number of carbonyl (C=O) groups excluding carboxylic acids is 1. The van der Waals surface area contributed by atoms with Crippen LogP contribution in [0.4, 0.5) is 0 Å². The molecule has 1 aliphatic heterocycles. The summed E-state index contributed by atoms with van der Waals surface area (Å²) < 4.78 is 23.1. The van der Waals surface area contributed by atoms with E-state index in [1.165, 1.54) is 11.0 Å². The SMILES string of the molecule is CN(C(=O)C=Cc1cccc2cccnc12)C1CCS(=O)(=O)C1. The summed E-state index contributed by atoms with van der Waals surface area (Å²) in [5.41, 5.74) is 1.70. The van der Waals surface area contributed by atoms with Gasteiger partial charge in [0.15, 0.2) is 9.84 Å². The van der Waals surface area contributed by atoms with Crippen molar-refractivity contribution in [1.82, 2.24) is 9.88 Å². The summed E-state index contributed by atoms with van der Waals surface area (Å²) >= 11 is 0. The molecule has 23 heavy (non-hydrogen) atoms. The molecule has 0 spiro atoms. The van der Waals surface area contributed by atoms with Crippen LogP contribution in [0, 0.1) is 0 Å². The Hall–Kier alpha value is -2.21. The number of hydrogen-bond acceptors (Lipinski definition) is 4. The summed E-state index contributed by atoms with van der Waals surface area (Å²) in [6.45, 7) is 0. The van der Waals surface area contributed by atoms with E-state index in [4.69, 9.17) is 0 Å². The van der Waals surface area contributed by atoms with Crippen LogP contribution < -0.4 is 0 Å². The summed E-state index contributed by atoms with van der Waals surface area (Å²) in [4.78, 5) is 18.1. The summed E-state index contributed by atoms with van der Waals surface area (Å²) in [6, 6.07) is 9.40. The van der Waals surface area contributed by atoms with Crippen LogP contribution in [-0.4, -0.2) is 48.8 Å². The normalized spacial score (nSPS) is 20.1. The number of para-hydroxylation sites is 1. The van der Waals surface area contributed by atoms with E-state index in [0.717, 1.165) is 16.5 Å². The van der Waals surface area contributed by atoms with Crippen LogP contribution in [-0.2, 0) is 14.6 Å². The zero-order valence-electron chi connectivity index (χ0n) is 12.8. The smallest absolute Gasteiger partial charge is 0.246 e. The van der Waals surface area contributed by atoms with Gasteiger partial charge >= 0.3 is 0 Å². The van der Waals surface area contributed by atoms with Crippen molar-refractivity contribution in [3.05, 3.63) is 48.2 Å². The van der Waals surface area contributed by atoms with Crippen molar-refractivity contribution in [3.63, 3.8) is 0 Å². The molecule has 1 unspecified atom stereocenters. The predicted octanol–water partition coefficient (Wildman–Crippen LogP) is 1.89. The van der Waals surface area contributed by atoms with E-state index < -0.39 is 9.84 Å². The standard InChI is InChI=1S/C17H18N2O3S/c1-19(15-9-11-23(21,22)12-15)16(20)8-7-14-5-2-4-13-6-3-10-18-17(13)14/h2-8,10,15H,9,11-12H2,1H3. The Kier molecular flexibility index (Phi) is 4.17. The summed E-state index contributed by atoms with van der Waals surface area (Å²) in [5.74, 6) is 0.0190. The van der Waals surface area contributed by atoms with E-state index in [-0.39, 0.29) is 23.5 Å². The Morgan fingerprint density at radius 3 is 2.83 bits per heavy atom. The number of likely N-dealkylation sites (N-methyl/N-ethyl adjacent to an activating group) is 1. The van der Waals surface area contributed by atoms with Gasteiger partial charge in [-0.3, -0.25) is 9.78 Å². The van der Waals surface area contributed by atoms with Crippen LogP contribution in [0.25, 0.3) is 17.0 Å². The maximum Gasteiger partial charge on any atom is 0.246 e. The second-order valence-corrected chi connectivity index (χ2v) is 7.99. The van der Waals surface area contributed by atoms with Crippen LogP contribution in [0.2, 0.25) is 0 Å². The van der Waals surface area contributed by atoms with Gasteiger partial charge in [0, 0.05) is 36.3 Å². The van der Waals surface area contributed by atoms with Gasteiger partial charge in [-0.25, -0.2) is 8.42 Å². The zero-order valence-corrected chi connectivity index (χ0v) is 13.7. The number of rotatable bonds is 3. The number of nitrogens with zero attached hydrogens (tertiary/aromatic N) is 2. The minimum Gasteiger partial charge on any atom is -0.338 e. The van der Waals surface area contributed by atoms with Gasteiger partial charge in [0.05, 0.1) is 17.0 Å². The molecule has 1 aliphatic rings. The van der Waals surface area contributed by atoms with Crippen LogP contribution in [0.3, 0.4) is 0 Å². The molecule has 2 aromatic rings. The van der Waals surface area contributed by atoms with Crippen molar-refractivity contribution in [3.8, 4) is 0 Å². The molecule has 1 atom stereocenters.